The molecular weight excluding hydrogens is 304 g/mol. The second-order valence-corrected chi connectivity index (χ2v) is 7.03. The average Bonchev–Trinajstić information content (AvgIpc) is 2.82. The van der Waals surface area contributed by atoms with Gasteiger partial charge in [0.25, 0.3) is 5.91 Å². The lowest BCUT2D eigenvalue weighted by Crippen LogP contribution is -2.50. The number of aryl methyl sites for hydroxylation is 2. The van der Waals surface area contributed by atoms with Crippen LogP contribution in [0.3, 0.4) is 0 Å². The maximum Gasteiger partial charge on any atom is 0.251 e. The van der Waals surface area contributed by atoms with Crippen LogP contribution >= 0.6 is 0 Å². The molecule has 2 aliphatic heterocycles. The zero-order valence-electron chi connectivity index (χ0n) is 14.5. The Kier molecular flexibility index (Phi) is 5.01. The van der Waals surface area contributed by atoms with E-state index in [1.54, 1.807) is 0 Å². The molecule has 1 aromatic carbocycles. The van der Waals surface area contributed by atoms with Crippen molar-refractivity contribution < 1.29 is 14.7 Å². The molecule has 2 heterocycles. The molecule has 2 saturated heterocycles. The SMILES string of the molecule is Cc1cc(C)cc(N2C(=O)C[C@H](N3CCCC[C@H]3CCO)C2=O)c1. The lowest BCUT2D eigenvalue weighted by molar-refractivity contribution is -0.123. The normalized spacial score (nSPS) is 25.5. The molecule has 130 valence electrons. The van der Waals surface area contributed by atoms with E-state index in [1.807, 2.05) is 32.0 Å². The summed E-state index contributed by atoms with van der Waals surface area (Å²) in [6, 6.07) is 5.65. The van der Waals surface area contributed by atoms with Gasteiger partial charge in [0.1, 0.15) is 0 Å². The van der Waals surface area contributed by atoms with Gasteiger partial charge in [0, 0.05) is 12.6 Å². The van der Waals surface area contributed by atoms with Crippen molar-refractivity contribution in [2.45, 2.75) is 58.0 Å². The minimum absolute atomic E-state index is 0.116. The number of hydrogen-bond acceptors (Lipinski definition) is 4. The largest absolute Gasteiger partial charge is 0.396 e. The minimum Gasteiger partial charge on any atom is -0.396 e. The van der Waals surface area contributed by atoms with E-state index in [0.29, 0.717) is 12.1 Å². The fraction of sp³-hybridized carbons (Fsp3) is 0.579. The molecule has 2 fully saturated rings. The Balaban J connectivity index is 1.85. The van der Waals surface area contributed by atoms with E-state index in [-0.39, 0.29) is 36.9 Å². The fourth-order valence-electron chi connectivity index (χ4n) is 4.12. The van der Waals surface area contributed by atoms with Crippen molar-refractivity contribution in [2.75, 3.05) is 18.1 Å². The first kappa shape index (κ1) is 17.1. The van der Waals surface area contributed by atoms with Gasteiger partial charge in [0.05, 0.1) is 18.2 Å². The molecule has 0 aliphatic carbocycles. The number of aliphatic hydroxyl groups is 1. The van der Waals surface area contributed by atoms with Crippen molar-refractivity contribution >= 4 is 17.5 Å². The monoisotopic (exact) mass is 330 g/mol. The summed E-state index contributed by atoms with van der Waals surface area (Å²) in [4.78, 5) is 29.1. The molecule has 1 N–H and O–H groups in total. The number of nitrogens with zero attached hydrogens (tertiary/aromatic N) is 2. The first-order valence-corrected chi connectivity index (χ1v) is 8.83. The summed E-state index contributed by atoms with van der Waals surface area (Å²) in [5, 5.41) is 9.30. The van der Waals surface area contributed by atoms with Gasteiger partial charge in [-0.3, -0.25) is 14.5 Å². The molecule has 2 aliphatic rings. The van der Waals surface area contributed by atoms with Gasteiger partial charge in [-0.2, -0.15) is 0 Å². The van der Waals surface area contributed by atoms with E-state index in [1.165, 1.54) is 4.90 Å². The summed E-state index contributed by atoms with van der Waals surface area (Å²) in [7, 11) is 0. The van der Waals surface area contributed by atoms with Crippen molar-refractivity contribution in [3.05, 3.63) is 29.3 Å². The van der Waals surface area contributed by atoms with Crippen molar-refractivity contribution in [3.8, 4) is 0 Å². The third-order valence-corrected chi connectivity index (χ3v) is 5.12. The van der Waals surface area contributed by atoms with Crippen LogP contribution in [0.5, 0.6) is 0 Å². The number of piperidine rings is 1. The highest BCUT2D eigenvalue weighted by Crippen LogP contribution is 2.31. The van der Waals surface area contributed by atoms with E-state index in [2.05, 4.69) is 4.90 Å². The maximum absolute atomic E-state index is 13.0. The zero-order chi connectivity index (χ0) is 17.3. The molecule has 0 radical (unpaired) electrons. The molecule has 0 spiro atoms. The summed E-state index contributed by atoms with van der Waals surface area (Å²) >= 11 is 0. The van der Waals surface area contributed by atoms with Crippen LogP contribution in [-0.4, -0.2) is 47.1 Å². The number of hydrogen-bond donors (Lipinski definition) is 1. The highest BCUT2D eigenvalue weighted by Gasteiger charge is 2.44. The summed E-state index contributed by atoms with van der Waals surface area (Å²) in [6.07, 6.45) is 4.07. The van der Waals surface area contributed by atoms with Crippen LogP contribution in [0.1, 0.15) is 43.2 Å². The molecule has 0 bridgehead atoms. The number of carbonyl (C=O) groups excluding carboxylic acids is 2. The fourth-order valence-corrected chi connectivity index (χ4v) is 4.12. The average molecular weight is 330 g/mol. The number of benzene rings is 1. The smallest absolute Gasteiger partial charge is 0.251 e. The van der Waals surface area contributed by atoms with Gasteiger partial charge >= 0.3 is 0 Å². The van der Waals surface area contributed by atoms with Crippen LogP contribution in [0.4, 0.5) is 5.69 Å². The molecule has 3 rings (SSSR count). The minimum atomic E-state index is -0.379. The molecule has 1 aromatic rings. The maximum atomic E-state index is 13.0. The molecule has 0 unspecified atom stereocenters. The van der Waals surface area contributed by atoms with E-state index >= 15 is 0 Å². The number of likely N-dealkylation sites (tertiary alicyclic amines) is 1. The lowest BCUT2D eigenvalue weighted by atomic mass is 9.97. The van der Waals surface area contributed by atoms with Crippen molar-refractivity contribution in [2.24, 2.45) is 0 Å². The molecule has 2 atom stereocenters. The van der Waals surface area contributed by atoms with Gasteiger partial charge in [-0.15, -0.1) is 0 Å². The van der Waals surface area contributed by atoms with E-state index in [9.17, 15) is 14.7 Å². The number of amides is 2. The second-order valence-electron chi connectivity index (χ2n) is 7.03. The highest BCUT2D eigenvalue weighted by molar-refractivity contribution is 6.22. The summed E-state index contributed by atoms with van der Waals surface area (Å²) in [5.74, 6) is -0.238. The summed E-state index contributed by atoms with van der Waals surface area (Å²) < 4.78 is 0. The Morgan fingerprint density at radius 2 is 1.83 bits per heavy atom. The predicted molar refractivity (Wildman–Crippen MR) is 92.9 cm³/mol. The number of aliphatic hydroxyl groups excluding tert-OH is 1. The van der Waals surface area contributed by atoms with E-state index < -0.39 is 0 Å². The third kappa shape index (κ3) is 3.23. The number of imide groups is 1. The molecule has 2 amide bonds. The highest BCUT2D eigenvalue weighted by atomic mass is 16.3. The molecule has 5 nitrogen and oxygen atoms in total. The summed E-state index contributed by atoms with van der Waals surface area (Å²) in [6.45, 7) is 4.90. The Hall–Kier alpha value is -1.72. The first-order chi connectivity index (χ1) is 11.5. The Morgan fingerprint density at radius 3 is 2.50 bits per heavy atom. The topological polar surface area (TPSA) is 60.9 Å². The number of rotatable bonds is 4. The van der Waals surface area contributed by atoms with Gasteiger partial charge in [-0.25, -0.2) is 4.90 Å². The van der Waals surface area contributed by atoms with Crippen molar-refractivity contribution in [1.29, 1.82) is 0 Å². The first-order valence-electron chi connectivity index (χ1n) is 8.83. The van der Waals surface area contributed by atoms with Gasteiger partial charge in [0.2, 0.25) is 5.91 Å². The molecular formula is C19H26N2O3. The zero-order valence-corrected chi connectivity index (χ0v) is 14.5. The van der Waals surface area contributed by atoms with E-state index in [4.69, 9.17) is 0 Å². The van der Waals surface area contributed by atoms with Crippen LogP contribution < -0.4 is 4.90 Å². The van der Waals surface area contributed by atoms with Crippen LogP contribution in [0.25, 0.3) is 0 Å². The molecule has 5 heteroatoms. The van der Waals surface area contributed by atoms with Gasteiger partial charge in [0.15, 0.2) is 0 Å². The molecule has 0 saturated carbocycles. The standard InChI is InChI=1S/C19H26N2O3/c1-13-9-14(2)11-16(10-13)21-18(23)12-17(19(21)24)20-7-4-3-5-15(20)6-8-22/h9-11,15,17,22H,3-8,12H2,1-2H3/t15-,17-/m0/s1. The quantitative estimate of drug-likeness (QED) is 0.860. The van der Waals surface area contributed by atoms with Gasteiger partial charge in [-0.05, 0) is 62.9 Å². The van der Waals surface area contributed by atoms with Crippen LogP contribution in [0.15, 0.2) is 18.2 Å². The lowest BCUT2D eigenvalue weighted by Gasteiger charge is -2.38. The predicted octanol–water partition coefficient (Wildman–Crippen LogP) is 2.17. The Bertz CT molecular complexity index is 621. The van der Waals surface area contributed by atoms with Crippen molar-refractivity contribution in [1.82, 2.24) is 4.90 Å². The Labute approximate surface area is 143 Å². The van der Waals surface area contributed by atoms with Crippen molar-refractivity contribution in [3.63, 3.8) is 0 Å². The van der Waals surface area contributed by atoms with Gasteiger partial charge in [-0.1, -0.05) is 12.5 Å². The second kappa shape index (κ2) is 7.03. The third-order valence-electron chi connectivity index (χ3n) is 5.12. The Morgan fingerprint density at radius 1 is 1.12 bits per heavy atom. The van der Waals surface area contributed by atoms with Crippen LogP contribution in [-0.2, 0) is 9.59 Å². The summed E-state index contributed by atoms with van der Waals surface area (Å²) in [5.41, 5.74) is 2.77. The van der Waals surface area contributed by atoms with E-state index in [0.717, 1.165) is 36.9 Å². The number of anilines is 1. The van der Waals surface area contributed by atoms with Gasteiger partial charge < -0.3 is 5.11 Å². The molecule has 0 aromatic heterocycles. The number of carbonyl (C=O) groups is 2. The molecule has 24 heavy (non-hydrogen) atoms. The van der Waals surface area contributed by atoms with Crippen LogP contribution in [0.2, 0.25) is 0 Å². The van der Waals surface area contributed by atoms with Crippen LogP contribution in [0, 0.1) is 13.8 Å².